The standard InChI is InChI=1S/C16H30N2O3/c1-12(2)14(7-8-15(19)20)9-10-17-16(21)18-11-5-4-6-13(18)3/h12-14H,4-11H2,1-3H3,(H,17,21)(H,19,20). The van der Waals surface area contributed by atoms with E-state index in [1.807, 2.05) is 4.90 Å². The molecule has 0 bridgehead atoms. The highest BCUT2D eigenvalue weighted by molar-refractivity contribution is 5.74. The van der Waals surface area contributed by atoms with Crippen molar-refractivity contribution in [3.05, 3.63) is 0 Å². The lowest BCUT2D eigenvalue weighted by molar-refractivity contribution is -0.137. The summed E-state index contributed by atoms with van der Waals surface area (Å²) in [6.45, 7) is 7.80. The van der Waals surface area contributed by atoms with Crippen molar-refractivity contribution in [3.63, 3.8) is 0 Å². The van der Waals surface area contributed by atoms with Crippen LogP contribution in [0.4, 0.5) is 4.79 Å². The molecule has 1 saturated heterocycles. The normalized spacial score (nSPS) is 20.4. The van der Waals surface area contributed by atoms with E-state index in [-0.39, 0.29) is 12.5 Å². The second-order valence-electron chi connectivity index (χ2n) is 6.50. The molecule has 0 aliphatic carbocycles. The van der Waals surface area contributed by atoms with Gasteiger partial charge in [0.25, 0.3) is 0 Å². The van der Waals surface area contributed by atoms with Crippen LogP contribution in [-0.2, 0) is 4.79 Å². The van der Waals surface area contributed by atoms with E-state index in [1.165, 1.54) is 6.42 Å². The number of piperidine rings is 1. The van der Waals surface area contributed by atoms with Crippen LogP contribution >= 0.6 is 0 Å². The fourth-order valence-corrected chi connectivity index (χ4v) is 2.99. The van der Waals surface area contributed by atoms with E-state index >= 15 is 0 Å². The van der Waals surface area contributed by atoms with Crippen molar-refractivity contribution in [2.45, 2.75) is 65.3 Å². The van der Waals surface area contributed by atoms with Crippen molar-refractivity contribution in [3.8, 4) is 0 Å². The number of rotatable bonds is 7. The minimum absolute atomic E-state index is 0.0305. The van der Waals surface area contributed by atoms with Gasteiger partial charge in [0.2, 0.25) is 0 Å². The number of nitrogens with one attached hydrogen (secondary N) is 1. The lowest BCUT2D eigenvalue weighted by Crippen LogP contribution is -2.47. The number of carboxylic acids is 1. The monoisotopic (exact) mass is 298 g/mol. The Hall–Kier alpha value is -1.26. The summed E-state index contributed by atoms with van der Waals surface area (Å²) < 4.78 is 0. The Morgan fingerprint density at radius 3 is 2.57 bits per heavy atom. The van der Waals surface area contributed by atoms with Crippen molar-refractivity contribution >= 4 is 12.0 Å². The van der Waals surface area contributed by atoms with E-state index in [0.29, 0.717) is 30.8 Å². The third-order valence-corrected chi connectivity index (χ3v) is 4.53. The molecule has 1 aliphatic heterocycles. The molecular weight excluding hydrogens is 268 g/mol. The number of urea groups is 1. The summed E-state index contributed by atoms with van der Waals surface area (Å²) in [6.07, 6.45) is 5.11. The van der Waals surface area contributed by atoms with Crippen LogP contribution < -0.4 is 5.32 Å². The summed E-state index contributed by atoms with van der Waals surface area (Å²) in [7, 11) is 0. The lowest BCUT2D eigenvalue weighted by Gasteiger charge is -2.33. The molecule has 2 N–H and O–H groups in total. The van der Waals surface area contributed by atoms with Crippen molar-refractivity contribution in [1.82, 2.24) is 10.2 Å². The van der Waals surface area contributed by atoms with Crippen LogP contribution in [0.2, 0.25) is 0 Å². The molecule has 1 heterocycles. The zero-order valence-corrected chi connectivity index (χ0v) is 13.6. The zero-order chi connectivity index (χ0) is 15.8. The molecule has 2 unspecified atom stereocenters. The van der Waals surface area contributed by atoms with Gasteiger partial charge in [-0.1, -0.05) is 13.8 Å². The van der Waals surface area contributed by atoms with Crippen LogP contribution in [0, 0.1) is 11.8 Å². The molecule has 5 nitrogen and oxygen atoms in total. The van der Waals surface area contributed by atoms with Crippen LogP contribution in [0.3, 0.4) is 0 Å². The van der Waals surface area contributed by atoms with Gasteiger partial charge in [-0.3, -0.25) is 4.79 Å². The number of hydrogen-bond donors (Lipinski definition) is 2. The maximum Gasteiger partial charge on any atom is 0.317 e. The van der Waals surface area contributed by atoms with E-state index < -0.39 is 5.97 Å². The number of carbonyl (C=O) groups is 2. The number of carbonyl (C=O) groups excluding carboxylic acids is 1. The van der Waals surface area contributed by atoms with Gasteiger partial charge in [-0.25, -0.2) is 4.79 Å². The van der Waals surface area contributed by atoms with Crippen LogP contribution in [0.1, 0.15) is 59.3 Å². The average Bonchev–Trinajstić information content (AvgIpc) is 2.42. The first-order chi connectivity index (χ1) is 9.91. The molecule has 0 radical (unpaired) electrons. The zero-order valence-electron chi connectivity index (χ0n) is 13.6. The molecule has 2 amide bonds. The average molecular weight is 298 g/mol. The van der Waals surface area contributed by atoms with Crippen LogP contribution in [0.5, 0.6) is 0 Å². The summed E-state index contributed by atoms with van der Waals surface area (Å²) in [4.78, 5) is 24.7. The number of likely N-dealkylation sites (tertiary alicyclic amines) is 1. The second kappa shape index (κ2) is 8.90. The van der Waals surface area contributed by atoms with E-state index in [4.69, 9.17) is 5.11 Å². The minimum Gasteiger partial charge on any atom is -0.481 e. The van der Waals surface area contributed by atoms with Gasteiger partial charge in [0.1, 0.15) is 0 Å². The number of amides is 2. The van der Waals surface area contributed by atoms with Gasteiger partial charge >= 0.3 is 12.0 Å². The topological polar surface area (TPSA) is 69.6 Å². The van der Waals surface area contributed by atoms with Crippen molar-refractivity contribution in [1.29, 1.82) is 0 Å². The number of hydrogen-bond acceptors (Lipinski definition) is 2. The van der Waals surface area contributed by atoms with E-state index in [2.05, 4.69) is 26.1 Å². The van der Waals surface area contributed by atoms with Gasteiger partial charge in [0.15, 0.2) is 0 Å². The smallest absolute Gasteiger partial charge is 0.317 e. The quantitative estimate of drug-likeness (QED) is 0.759. The Morgan fingerprint density at radius 2 is 2.00 bits per heavy atom. The van der Waals surface area contributed by atoms with Crippen LogP contribution in [-0.4, -0.2) is 41.1 Å². The molecule has 1 fully saturated rings. The highest BCUT2D eigenvalue weighted by Crippen LogP contribution is 2.21. The van der Waals surface area contributed by atoms with Crippen molar-refractivity contribution in [2.24, 2.45) is 11.8 Å². The molecule has 0 spiro atoms. The maximum atomic E-state index is 12.1. The summed E-state index contributed by atoms with van der Waals surface area (Å²) in [6, 6.07) is 0.356. The fraction of sp³-hybridized carbons (Fsp3) is 0.875. The van der Waals surface area contributed by atoms with Crippen LogP contribution in [0.15, 0.2) is 0 Å². The Balaban J connectivity index is 2.32. The summed E-state index contributed by atoms with van der Waals surface area (Å²) in [5.74, 6) is 0.0437. The SMILES string of the molecule is CC(C)C(CCNC(=O)N1CCCCC1C)CCC(=O)O. The molecule has 0 saturated carbocycles. The molecular formula is C16H30N2O3. The number of nitrogens with zero attached hydrogens (tertiary/aromatic N) is 1. The van der Waals surface area contributed by atoms with Crippen molar-refractivity contribution in [2.75, 3.05) is 13.1 Å². The third-order valence-electron chi connectivity index (χ3n) is 4.53. The molecule has 21 heavy (non-hydrogen) atoms. The molecule has 2 atom stereocenters. The minimum atomic E-state index is -0.744. The summed E-state index contributed by atoms with van der Waals surface area (Å²) in [5.41, 5.74) is 0. The summed E-state index contributed by atoms with van der Waals surface area (Å²) >= 11 is 0. The number of carboxylic acid groups (broad SMARTS) is 1. The highest BCUT2D eigenvalue weighted by Gasteiger charge is 2.23. The molecule has 0 aromatic heterocycles. The maximum absolute atomic E-state index is 12.1. The Bertz CT molecular complexity index is 344. The first-order valence-corrected chi connectivity index (χ1v) is 8.18. The van der Waals surface area contributed by atoms with Gasteiger partial charge in [-0.05, 0) is 50.9 Å². The molecule has 0 aromatic rings. The molecule has 122 valence electrons. The molecule has 1 rings (SSSR count). The van der Waals surface area contributed by atoms with Gasteiger partial charge in [-0.2, -0.15) is 0 Å². The largest absolute Gasteiger partial charge is 0.481 e. The molecule has 5 heteroatoms. The Labute approximate surface area is 128 Å². The number of aliphatic carboxylic acids is 1. The highest BCUT2D eigenvalue weighted by atomic mass is 16.4. The van der Waals surface area contributed by atoms with Crippen LogP contribution in [0.25, 0.3) is 0 Å². The van der Waals surface area contributed by atoms with Gasteiger partial charge in [-0.15, -0.1) is 0 Å². The Kier molecular flexibility index (Phi) is 7.54. The van der Waals surface area contributed by atoms with Gasteiger partial charge < -0.3 is 15.3 Å². The second-order valence-corrected chi connectivity index (χ2v) is 6.50. The Morgan fingerprint density at radius 1 is 1.29 bits per heavy atom. The van der Waals surface area contributed by atoms with Gasteiger partial charge in [0.05, 0.1) is 0 Å². The van der Waals surface area contributed by atoms with Crippen molar-refractivity contribution < 1.29 is 14.7 Å². The predicted octanol–water partition coefficient (Wildman–Crippen LogP) is 3.10. The fourth-order valence-electron chi connectivity index (χ4n) is 2.99. The van der Waals surface area contributed by atoms with Gasteiger partial charge in [0, 0.05) is 25.6 Å². The first kappa shape index (κ1) is 17.8. The first-order valence-electron chi connectivity index (χ1n) is 8.18. The summed E-state index contributed by atoms with van der Waals surface area (Å²) in [5, 5.41) is 11.8. The molecule has 1 aliphatic rings. The van der Waals surface area contributed by atoms with E-state index in [0.717, 1.165) is 25.8 Å². The van der Waals surface area contributed by atoms with E-state index in [9.17, 15) is 9.59 Å². The third kappa shape index (κ3) is 6.36. The molecule has 0 aromatic carbocycles. The van der Waals surface area contributed by atoms with E-state index in [1.54, 1.807) is 0 Å². The lowest BCUT2D eigenvalue weighted by atomic mass is 9.88. The predicted molar refractivity (Wildman–Crippen MR) is 83.2 cm³/mol.